The second-order valence-electron chi connectivity index (χ2n) is 2.92. The summed E-state index contributed by atoms with van der Waals surface area (Å²) in [6.45, 7) is 0.664. The zero-order valence-corrected chi connectivity index (χ0v) is 10.0. The molecule has 2 nitrogen and oxygen atoms in total. The molecular weight excluding hydrogens is 251 g/mol. The molecule has 0 saturated heterocycles. The van der Waals surface area contributed by atoms with E-state index < -0.39 is 0 Å². The van der Waals surface area contributed by atoms with Crippen molar-refractivity contribution >= 4 is 40.2 Å². The van der Waals surface area contributed by atoms with Crippen LogP contribution in [-0.2, 0) is 6.54 Å². The van der Waals surface area contributed by atoms with Gasteiger partial charge in [-0.1, -0.05) is 29.3 Å². The van der Waals surface area contributed by atoms with Crippen LogP contribution in [0.4, 0.5) is 5.69 Å². The van der Waals surface area contributed by atoms with Crippen LogP contribution in [0, 0.1) is 0 Å². The molecule has 1 aromatic heterocycles. The average molecular weight is 259 g/mol. The maximum absolute atomic E-state index is 5.86. The lowest BCUT2D eigenvalue weighted by Crippen LogP contribution is -1.98. The molecule has 0 amide bonds. The Morgan fingerprint density at radius 2 is 2.20 bits per heavy atom. The van der Waals surface area contributed by atoms with Gasteiger partial charge in [0.05, 0.1) is 12.7 Å². The van der Waals surface area contributed by atoms with E-state index in [4.69, 9.17) is 23.2 Å². The molecule has 15 heavy (non-hydrogen) atoms. The highest BCUT2D eigenvalue weighted by atomic mass is 35.5. The molecule has 2 aromatic rings. The van der Waals surface area contributed by atoms with E-state index in [9.17, 15) is 0 Å². The Kier molecular flexibility index (Phi) is 3.46. The summed E-state index contributed by atoms with van der Waals surface area (Å²) in [5, 5.41) is 4.90. The first-order valence-corrected chi connectivity index (χ1v) is 5.91. The molecular formula is C10H8Cl2N2S. The monoisotopic (exact) mass is 258 g/mol. The Labute approximate surface area is 102 Å². The molecule has 2 rings (SSSR count). The summed E-state index contributed by atoms with van der Waals surface area (Å²) in [5.41, 5.74) is 0.980. The van der Waals surface area contributed by atoms with Crippen LogP contribution in [0.1, 0.15) is 5.01 Å². The normalized spacial score (nSPS) is 10.3. The number of hydrogen-bond acceptors (Lipinski definition) is 3. The Hall–Kier alpha value is -0.770. The van der Waals surface area contributed by atoms with Crippen LogP contribution in [-0.4, -0.2) is 4.98 Å². The summed E-state index contributed by atoms with van der Waals surface area (Å²) in [6, 6.07) is 7.57. The third-order valence-electron chi connectivity index (χ3n) is 1.79. The summed E-state index contributed by atoms with van der Waals surface area (Å²) < 4.78 is 0.706. The van der Waals surface area contributed by atoms with E-state index >= 15 is 0 Å². The van der Waals surface area contributed by atoms with Gasteiger partial charge in [0.15, 0.2) is 0 Å². The molecule has 0 radical (unpaired) electrons. The molecule has 5 heteroatoms. The minimum Gasteiger partial charge on any atom is -0.378 e. The summed E-state index contributed by atoms with van der Waals surface area (Å²) in [5.74, 6) is 0. The van der Waals surface area contributed by atoms with Crippen molar-refractivity contribution in [2.75, 3.05) is 5.32 Å². The maximum Gasteiger partial charge on any atom is 0.113 e. The molecule has 0 fully saturated rings. The predicted molar refractivity (Wildman–Crippen MR) is 65.9 cm³/mol. The average Bonchev–Trinajstić information content (AvgIpc) is 2.62. The van der Waals surface area contributed by atoms with Gasteiger partial charge in [0, 0.05) is 10.7 Å². The van der Waals surface area contributed by atoms with E-state index in [0.29, 0.717) is 10.9 Å². The molecule has 0 unspecified atom stereocenters. The lowest BCUT2D eigenvalue weighted by molar-refractivity contribution is 1.10. The number of benzene rings is 1. The highest BCUT2D eigenvalue weighted by molar-refractivity contribution is 7.15. The SMILES string of the molecule is Clc1cccc(NCc2ncc(Cl)s2)c1. The third-order valence-corrected chi connectivity index (χ3v) is 3.14. The lowest BCUT2D eigenvalue weighted by atomic mass is 10.3. The van der Waals surface area contributed by atoms with Gasteiger partial charge in [-0.2, -0.15) is 0 Å². The Balaban J connectivity index is 1.99. The second-order valence-corrected chi connectivity index (χ2v) is 5.10. The molecule has 0 aliphatic rings. The number of halogens is 2. The number of anilines is 1. The fourth-order valence-corrected chi connectivity index (χ4v) is 2.23. The van der Waals surface area contributed by atoms with Gasteiger partial charge in [0.1, 0.15) is 9.34 Å². The maximum atomic E-state index is 5.86. The van der Waals surface area contributed by atoms with Crippen LogP contribution in [0.15, 0.2) is 30.5 Å². The molecule has 1 heterocycles. The van der Waals surface area contributed by atoms with E-state index in [1.54, 1.807) is 6.20 Å². The van der Waals surface area contributed by atoms with Gasteiger partial charge < -0.3 is 5.32 Å². The zero-order valence-electron chi connectivity index (χ0n) is 7.71. The van der Waals surface area contributed by atoms with Crippen molar-refractivity contribution in [1.82, 2.24) is 4.98 Å². The third kappa shape index (κ3) is 3.09. The van der Waals surface area contributed by atoms with Crippen molar-refractivity contribution in [2.24, 2.45) is 0 Å². The largest absolute Gasteiger partial charge is 0.378 e. The van der Waals surface area contributed by atoms with Crippen LogP contribution in [0.25, 0.3) is 0 Å². The molecule has 0 spiro atoms. The van der Waals surface area contributed by atoms with Crippen LogP contribution in [0.2, 0.25) is 9.36 Å². The fraction of sp³-hybridized carbons (Fsp3) is 0.100. The Morgan fingerprint density at radius 3 is 2.87 bits per heavy atom. The summed E-state index contributed by atoms with van der Waals surface area (Å²) in [7, 11) is 0. The molecule has 0 bridgehead atoms. The van der Waals surface area contributed by atoms with E-state index in [1.807, 2.05) is 24.3 Å². The number of nitrogens with one attached hydrogen (secondary N) is 1. The van der Waals surface area contributed by atoms with Crippen LogP contribution in [0.3, 0.4) is 0 Å². The van der Waals surface area contributed by atoms with Gasteiger partial charge in [-0.05, 0) is 18.2 Å². The van der Waals surface area contributed by atoms with E-state index in [-0.39, 0.29) is 0 Å². The zero-order chi connectivity index (χ0) is 10.7. The molecule has 78 valence electrons. The van der Waals surface area contributed by atoms with Crippen molar-refractivity contribution in [3.63, 3.8) is 0 Å². The molecule has 0 atom stereocenters. The molecule has 1 aromatic carbocycles. The van der Waals surface area contributed by atoms with Crippen LogP contribution < -0.4 is 5.32 Å². The minimum atomic E-state index is 0.664. The topological polar surface area (TPSA) is 24.9 Å². The first-order chi connectivity index (χ1) is 7.24. The number of rotatable bonds is 3. The lowest BCUT2D eigenvalue weighted by Gasteiger charge is -2.03. The van der Waals surface area contributed by atoms with Crippen LogP contribution >= 0.6 is 34.5 Å². The summed E-state index contributed by atoms with van der Waals surface area (Å²) in [4.78, 5) is 4.14. The Bertz CT molecular complexity index is 456. The number of hydrogen-bond donors (Lipinski definition) is 1. The van der Waals surface area contributed by atoms with Gasteiger partial charge in [0.25, 0.3) is 0 Å². The molecule has 1 N–H and O–H groups in total. The van der Waals surface area contributed by atoms with Gasteiger partial charge in [-0.3, -0.25) is 0 Å². The fourth-order valence-electron chi connectivity index (χ4n) is 1.15. The van der Waals surface area contributed by atoms with Gasteiger partial charge >= 0.3 is 0 Å². The number of aromatic nitrogens is 1. The van der Waals surface area contributed by atoms with Crippen molar-refractivity contribution < 1.29 is 0 Å². The minimum absolute atomic E-state index is 0.664. The van der Waals surface area contributed by atoms with Crippen molar-refractivity contribution in [3.8, 4) is 0 Å². The molecule has 0 aliphatic carbocycles. The second kappa shape index (κ2) is 4.84. The summed E-state index contributed by atoms with van der Waals surface area (Å²) in [6.07, 6.45) is 1.65. The van der Waals surface area contributed by atoms with Crippen LogP contribution in [0.5, 0.6) is 0 Å². The first-order valence-electron chi connectivity index (χ1n) is 4.34. The standard InChI is InChI=1S/C10H8Cl2N2S/c11-7-2-1-3-8(4-7)13-6-10-14-5-9(12)15-10/h1-5,13H,6H2. The number of nitrogens with zero attached hydrogens (tertiary/aromatic N) is 1. The van der Waals surface area contributed by atoms with Crippen molar-refractivity contribution in [1.29, 1.82) is 0 Å². The summed E-state index contributed by atoms with van der Waals surface area (Å²) >= 11 is 13.1. The predicted octanol–water partition coefficient (Wildman–Crippen LogP) is 4.06. The molecule has 0 saturated carbocycles. The van der Waals surface area contributed by atoms with Gasteiger partial charge in [0.2, 0.25) is 0 Å². The van der Waals surface area contributed by atoms with E-state index in [1.165, 1.54) is 11.3 Å². The van der Waals surface area contributed by atoms with Crippen molar-refractivity contribution in [2.45, 2.75) is 6.54 Å². The smallest absolute Gasteiger partial charge is 0.113 e. The van der Waals surface area contributed by atoms with Gasteiger partial charge in [-0.15, -0.1) is 11.3 Å². The quantitative estimate of drug-likeness (QED) is 0.898. The van der Waals surface area contributed by atoms with E-state index in [2.05, 4.69) is 10.3 Å². The van der Waals surface area contributed by atoms with Crippen molar-refractivity contribution in [3.05, 3.63) is 44.8 Å². The molecule has 0 aliphatic heterocycles. The number of thiazole rings is 1. The highest BCUT2D eigenvalue weighted by Gasteiger charge is 1.99. The first kappa shape index (κ1) is 10.7. The van der Waals surface area contributed by atoms with Gasteiger partial charge in [-0.25, -0.2) is 4.98 Å². The van der Waals surface area contributed by atoms with E-state index in [0.717, 1.165) is 15.7 Å². The Morgan fingerprint density at radius 1 is 1.33 bits per heavy atom. The highest BCUT2D eigenvalue weighted by Crippen LogP contribution is 2.20.